The smallest absolute Gasteiger partial charge is 0.0461 e. The summed E-state index contributed by atoms with van der Waals surface area (Å²) >= 11 is 0. The van der Waals surface area contributed by atoms with E-state index in [-0.39, 0.29) is 0 Å². The predicted molar refractivity (Wildman–Crippen MR) is 180 cm³/mol. The van der Waals surface area contributed by atoms with Crippen LogP contribution < -0.4 is 0 Å². The van der Waals surface area contributed by atoms with Crippen molar-refractivity contribution in [3.63, 3.8) is 0 Å². The van der Waals surface area contributed by atoms with Crippen LogP contribution in [-0.2, 0) is 0 Å². The molecule has 4 heteroatoms. The molecule has 4 unspecified atom stereocenters. The normalized spacial score (nSPS) is 14.1. The van der Waals surface area contributed by atoms with Crippen molar-refractivity contribution in [2.45, 2.75) is 160 Å². The highest BCUT2D eigenvalue weighted by atomic mass is 16.3. The van der Waals surface area contributed by atoms with Crippen molar-refractivity contribution in [2.24, 2.45) is 47.3 Å². The van der Waals surface area contributed by atoms with Gasteiger partial charge in [0.25, 0.3) is 0 Å². The third kappa shape index (κ3) is 32.4. The van der Waals surface area contributed by atoms with E-state index in [9.17, 15) is 0 Å². The minimum absolute atomic E-state index is 0.350. The van der Waals surface area contributed by atoms with Gasteiger partial charge in [0.15, 0.2) is 0 Å². The van der Waals surface area contributed by atoms with E-state index in [1.54, 1.807) is 0 Å². The van der Waals surface area contributed by atoms with Crippen molar-refractivity contribution in [1.82, 2.24) is 0 Å². The van der Waals surface area contributed by atoms with Gasteiger partial charge in [0, 0.05) is 26.4 Å². The van der Waals surface area contributed by atoms with Crippen LogP contribution in [-0.4, -0.2) is 46.9 Å². The number of unbranched alkanes of at least 4 members (excludes halogenated alkanes) is 2. The van der Waals surface area contributed by atoms with Crippen LogP contribution in [0, 0.1) is 47.3 Å². The van der Waals surface area contributed by atoms with E-state index in [1.807, 2.05) is 0 Å². The van der Waals surface area contributed by atoms with Crippen LogP contribution in [0.25, 0.3) is 0 Å². The summed E-state index contributed by atoms with van der Waals surface area (Å²) in [5.41, 5.74) is 0. The molecule has 0 aromatic heterocycles. The maximum atomic E-state index is 8.92. The second kappa shape index (κ2) is 35.0. The fourth-order valence-electron chi connectivity index (χ4n) is 4.90. The third-order valence-corrected chi connectivity index (χ3v) is 8.42. The zero-order valence-corrected chi connectivity index (χ0v) is 29.7. The molecule has 0 aliphatic heterocycles. The third-order valence-electron chi connectivity index (χ3n) is 8.42. The van der Waals surface area contributed by atoms with Crippen molar-refractivity contribution in [3.8, 4) is 0 Å². The van der Waals surface area contributed by atoms with Crippen LogP contribution in [0.1, 0.15) is 160 Å². The first kappa shape index (κ1) is 46.8. The Morgan fingerprint density at radius 1 is 0.350 bits per heavy atom. The number of aliphatic hydroxyl groups excluding tert-OH is 4. The molecule has 0 rings (SSSR count). The molecule has 0 spiro atoms. The molecule has 248 valence electrons. The fraction of sp³-hybridized carbons (Fsp3) is 1.00. The first-order chi connectivity index (χ1) is 18.9. The van der Waals surface area contributed by atoms with E-state index in [1.165, 1.54) is 57.8 Å². The highest BCUT2D eigenvalue weighted by Gasteiger charge is 2.12. The lowest BCUT2D eigenvalue weighted by Crippen LogP contribution is -2.12. The zero-order chi connectivity index (χ0) is 31.9. The molecule has 0 saturated carbocycles. The van der Waals surface area contributed by atoms with E-state index >= 15 is 0 Å². The highest BCUT2D eigenvalue weighted by molar-refractivity contribution is 4.63. The Morgan fingerprint density at radius 3 is 0.850 bits per heavy atom. The van der Waals surface area contributed by atoms with Crippen LogP contribution in [0.5, 0.6) is 0 Å². The van der Waals surface area contributed by atoms with E-state index < -0.39 is 0 Å². The molecule has 4 nitrogen and oxygen atoms in total. The summed E-state index contributed by atoms with van der Waals surface area (Å²) in [4.78, 5) is 0. The number of aliphatic hydroxyl groups is 4. The molecule has 0 aromatic rings. The predicted octanol–water partition coefficient (Wildman–Crippen LogP) is 9.76. The molecule has 0 amide bonds. The maximum Gasteiger partial charge on any atom is 0.0461 e. The minimum atomic E-state index is 0.350. The Labute approximate surface area is 254 Å². The molecule has 0 heterocycles. The second-order valence-electron chi connectivity index (χ2n) is 13.3. The lowest BCUT2D eigenvalue weighted by molar-refractivity contribution is 0.179. The van der Waals surface area contributed by atoms with Gasteiger partial charge < -0.3 is 20.4 Å². The lowest BCUT2D eigenvalue weighted by Gasteiger charge is -2.18. The molecule has 0 aromatic carbocycles. The summed E-state index contributed by atoms with van der Waals surface area (Å²) in [7, 11) is 0. The minimum Gasteiger partial charge on any atom is -0.396 e. The largest absolute Gasteiger partial charge is 0.396 e. The Bertz CT molecular complexity index is 431. The average Bonchev–Trinajstić information content (AvgIpc) is 2.90. The Balaban J connectivity index is -0.000000217. The monoisotopic (exact) mass is 577 g/mol. The Kier molecular flexibility index (Phi) is 41.0. The summed E-state index contributed by atoms with van der Waals surface area (Å²) < 4.78 is 0. The lowest BCUT2D eigenvalue weighted by atomic mass is 9.88. The van der Waals surface area contributed by atoms with Gasteiger partial charge in [-0.25, -0.2) is 0 Å². The van der Waals surface area contributed by atoms with Crippen LogP contribution in [0.15, 0.2) is 0 Å². The molecular weight excluding hydrogens is 496 g/mol. The summed E-state index contributed by atoms with van der Waals surface area (Å²) in [6.07, 6.45) is 14.4. The summed E-state index contributed by atoms with van der Waals surface area (Å²) in [5.74, 6) is 5.25. The van der Waals surface area contributed by atoms with Gasteiger partial charge in [-0.3, -0.25) is 0 Å². The van der Waals surface area contributed by atoms with Gasteiger partial charge in [0.2, 0.25) is 0 Å². The van der Waals surface area contributed by atoms with E-state index in [2.05, 4.69) is 83.1 Å². The van der Waals surface area contributed by atoms with Crippen LogP contribution in [0.2, 0.25) is 0 Å². The molecule has 0 saturated heterocycles. The molecule has 0 aliphatic rings. The molecule has 4 atom stereocenters. The number of hydrogen-bond acceptors (Lipinski definition) is 4. The van der Waals surface area contributed by atoms with Crippen molar-refractivity contribution < 1.29 is 20.4 Å². The molecule has 40 heavy (non-hydrogen) atoms. The Hall–Kier alpha value is -0.160. The van der Waals surface area contributed by atoms with Gasteiger partial charge in [-0.15, -0.1) is 0 Å². The summed E-state index contributed by atoms with van der Waals surface area (Å²) in [6.45, 7) is 27.8. The zero-order valence-electron chi connectivity index (χ0n) is 29.7. The molecule has 4 N–H and O–H groups in total. The van der Waals surface area contributed by atoms with E-state index in [0.717, 1.165) is 42.9 Å². The molecule has 0 aliphatic carbocycles. The second-order valence-corrected chi connectivity index (χ2v) is 13.3. The fourth-order valence-corrected chi connectivity index (χ4v) is 4.90. The van der Waals surface area contributed by atoms with Crippen LogP contribution in [0.4, 0.5) is 0 Å². The van der Waals surface area contributed by atoms with Crippen molar-refractivity contribution in [3.05, 3.63) is 0 Å². The average molecular weight is 577 g/mol. The van der Waals surface area contributed by atoms with E-state index in [4.69, 9.17) is 20.4 Å². The Morgan fingerprint density at radius 2 is 0.625 bits per heavy atom. The number of rotatable bonds is 20. The van der Waals surface area contributed by atoms with Gasteiger partial charge in [-0.1, -0.05) is 134 Å². The SMILES string of the molecule is CCCC(CCO)C(C)C.CCCC(CO)C(C)C.CCCCC(CCO)C(C)C.CCCCC(CO)C(C)C. The quantitative estimate of drug-likeness (QED) is 0.116. The van der Waals surface area contributed by atoms with Gasteiger partial charge >= 0.3 is 0 Å². The first-order valence-corrected chi connectivity index (χ1v) is 17.3. The topological polar surface area (TPSA) is 80.9 Å². The van der Waals surface area contributed by atoms with Gasteiger partial charge in [0.1, 0.15) is 0 Å². The highest BCUT2D eigenvalue weighted by Crippen LogP contribution is 2.21. The molecular formula is C36H80O4. The first-order valence-electron chi connectivity index (χ1n) is 17.3. The van der Waals surface area contributed by atoms with Crippen molar-refractivity contribution in [2.75, 3.05) is 26.4 Å². The maximum absolute atomic E-state index is 8.92. The number of hydrogen-bond donors (Lipinski definition) is 4. The van der Waals surface area contributed by atoms with Crippen LogP contribution >= 0.6 is 0 Å². The van der Waals surface area contributed by atoms with Gasteiger partial charge in [0.05, 0.1) is 0 Å². The van der Waals surface area contributed by atoms with Crippen molar-refractivity contribution in [1.29, 1.82) is 0 Å². The van der Waals surface area contributed by atoms with Gasteiger partial charge in [-0.05, 0) is 73.0 Å². The molecule has 0 fully saturated rings. The molecule has 0 radical (unpaired) electrons. The van der Waals surface area contributed by atoms with Crippen LogP contribution in [0.3, 0.4) is 0 Å². The summed E-state index contributed by atoms with van der Waals surface area (Å²) in [5, 5.41) is 35.2. The van der Waals surface area contributed by atoms with Gasteiger partial charge in [-0.2, -0.15) is 0 Å². The summed E-state index contributed by atoms with van der Waals surface area (Å²) in [6, 6.07) is 0. The van der Waals surface area contributed by atoms with E-state index in [0.29, 0.717) is 50.1 Å². The standard InChI is InChI=1S/C10H22O.2C9H20O.C8H18O/c1-4-5-6-10(7-8-11)9(2)3;1-4-5-9(6-7-10)8(2)3;1-4-5-6-9(7-10)8(2)3;1-4-5-8(6-9)7(2)3/h9-11H,4-8H2,1-3H3;2*8-10H,4-7H2,1-3H3;7-9H,4-6H2,1-3H3. The molecule has 0 bridgehead atoms. The van der Waals surface area contributed by atoms with Crippen molar-refractivity contribution >= 4 is 0 Å².